The van der Waals surface area contributed by atoms with Crippen LogP contribution in [-0.4, -0.2) is 30.9 Å². The number of rotatable bonds is 7. The zero-order valence-corrected chi connectivity index (χ0v) is 14.3. The Morgan fingerprint density at radius 2 is 1.96 bits per heavy atom. The van der Waals surface area contributed by atoms with Crippen molar-refractivity contribution in [1.29, 1.82) is 0 Å². The molecule has 0 unspecified atom stereocenters. The number of hydrogen-bond acceptors (Lipinski definition) is 5. The minimum atomic E-state index is -1.36. The van der Waals surface area contributed by atoms with E-state index in [4.69, 9.17) is 21.1 Å². The molecule has 0 radical (unpaired) electrons. The van der Waals surface area contributed by atoms with Crippen LogP contribution in [-0.2, 0) is 9.53 Å². The van der Waals surface area contributed by atoms with Crippen molar-refractivity contribution in [2.24, 2.45) is 0 Å². The number of anilines is 1. The zero-order chi connectivity index (χ0) is 17.5. The quantitative estimate of drug-likeness (QED) is 0.750. The number of benzene rings is 2. The minimum Gasteiger partial charge on any atom is -0.497 e. The summed E-state index contributed by atoms with van der Waals surface area (Å²) in [5.41, 5.74) is 1.41. The molecule has 24 heavy (non-hydrogen) atoms. The second-order valence-corrected chi connectivity index (χ2v) is 5.54. The molecule has 0 aliphatic carbocycles. The van der Waals surface area contributed by atoms with Crippen molar-refractivity contribution >= 4 is 23.3 Å². The molecule has 2 aromatic carbocycles. The van der Waals surface area contributed by atoms with Gasteiger partial charge in [-0.2, -0.15) is 0 Å². The lowest BCUT2D eigenvalue weighted by Gasteiger charge is -2.24. The standard InChI is InChI=1S/C18H20ClNO4/c1-3-24-18(22)17(21)16(12-7-9-15(23-2)10-8-12)20-14-6-4-5-13(19)11-14/h4-11,16-17,20-21H,3H2,1-2H3/t16-,17+/m0/s1. The van der Waals surface area contributed by atoms with E-state index in [1.165, 1.54) is 0 Å². The highest BCUT2D eigenvalue weighted by Gasteiger charge is 2.29. The molecule has 0 aromatic heterocycles. The molecule has 0 aliphatic rings. The molecular weight excluding hydrogens is 330 g/mol. The van der Waals surface area contributed by atoms with Crippen molar-refractivity contribution in [2.75, 3.05) is 19.0 Å². The van der Waals surface area contributed by atoms with Gasteiger partial charge in [0.2, 0.25) is 0 Å². The summed E-state index contributed by atoms with van der Waals surface area (Å²) in [6, 6.07) is 13.5. The van der Waals surface area contributed by atoms with Gasteiger partial charge < -0.3 is 19.9 Å². The smallest absolute Gasteiger partial charge is 0.337 e. The van der Waals surface area contributed by atoms with Gasteiger partial charge in [-0.3, -0.25) is 0 Å². The predicted octanol–water partition coefficient (Wildman–Crippen LogP) is 3.43. The Balaban J connectivity index is 2.30. The van der Waals surface area contributed by atoms with Gasteiger partial charge in [-0.1, -0.05) is 29.8 Å². The van der Waals surface area contributed by atoms with Crippen LogP contribution in [0.25, 0.3) is 0 Å². The van der Waals surface area contributed by atoms with E-state index in [0.29, 0.717) is 16.5 Å². The number of esters is 1. The summed E-state index contributed by atoms with van der Waals surface area (Å²) in [6.07, 6.45) is -1.36. The number of nitrogens with one attached hydrogen (secondary N) is 1. The zero-order valence-electron chi connectivity index (χ0n) is 13.5. The summed E-state index contributed by atoms with van der Waals surface area (Å²) in [7, 11) is 1.57. The van der Waals surface area contributed by atoms with Gasteiger partial charge >= 0.3 is 5.97 Å². The van der Waals surface area contributed by atoms with Crippen LogP contribution in [0.1, 0.15) is 18.5 Å². The second-order valence-electron chi connectivity index (χ2n) is 5.10. The largest absolute Gasteiger partial charge is 0.497 e. The van der Waals surface area contributed by atoms with Crippen LogP contribution < -0.4 is 10.1 Å². The summed E-state index contributed by atoms with van der Waals surface area (Å²) in [6.45, 7) is 1.89. The Kier molecular flexibility index (Phi) is 6.46. The summed E-state index contributed by atoms with van der Waals surface area (Å²) in [4.78, 5) is 12.0. The van der Waals surface area contributed by atoms with Crippen LogP contribution in [0.3, 0.4) is 0 Å². The van der Waals surface area contributed by atoms with Gasteiger partial charge in [-0.15, -0.1) is 0 Å². The average Bonchev–Trinajstić information content (AvgIpc) is 2.59. The first kappa shape index (κ1) is 18.1. The fourth-order valence-electron chi connectivity index (χ4n) is 2.28. The third kappa shape index (κ3) is 4.63. The van der Waals surface area contributed by atoms with Gasteiger partial charge in [0.25, 0.3) is 0 Å². The lowest BCUT2D eigenvalue weighted by Crippen LogP contribution is -2.34. The third-order valence-corrected chi connectivity index (χ3v) is 3.70. The molecule has 0 saturated heterocycles. The van der Waals surface area contributed by atoms with Crippen molar-refractivity contribution in [3.8, 4) is 5.75 Å². The van der Waals surface area contributed by atoms with Crippen LogP contribution in [0.4, 0.5) is 5.69 Å². The predicted molar refractivity (Wildman–Crippen MR) is 93.4 cm³/mol. The van der Waals surface area contributed by atoms with Gasteiger partial charge in [0, 0.05) is 10.7 Å². The van der Waals surface area contributed by atoms with E-state index in [-0.39, 0.29) is 6.61 Å². The Morgan fingerprint density at radius 3 is 2.54 bits per heavy atom. The molecule has 0 saturated carbocycles. The average molecular weight is 350 g/mol. The van der Waals surface area contributed by atoms with E-state index in [1.54, 1.807) is 62.6 Å². The first-order valence-corrected chi connectivity index (χ1v) is 7.93. The van der Waals surface area contributed by atoms with E-state index in [9.17, 15) is 9.90 Å². The number of aliphatic hydroxyl groups excluding tert-OH is 1. The number of halogens is 1. The number of ether oxygens (including phenoxy) is 2. The summed E-state index contributed by atoms with van der Waals surface area (Å²) < 4.78 is 10.1. The number of carbonyl (C=O) groups excluding carboxylic acids is 1. The fourth-order valence-corrected chi connectivity index (χ4v) is 2.47. The molecule has 2 rings (SSSR count). The third-order valence-electron chi connectivity index (χ3n) is 3.47. The maximum Gasteiger partial charge on any atom is 0.337 e. The van der Waals surface area contributed by atoms with E-state index >= 15 is 0 Å². The highest BCUT2D eigenvalue weighted by atomic mass is 35.5. The van der Waals surface area contributed by atoms with Crippen molar-refractivity contribution in [3.05, 3.63) is 59.1 Å². The molecule has 2 aromatic rings. The minimum absolute atomic E-state index is 0.197. The SMILES string of the molecule is CCOC(=O)[C@H](O)[C@@H](Nc1cccc(Cl)c1)c1ccc(OC)cc1. The summed E-state index contributed by atoms with van der Waals surface area (Å²) in [5, 5.41) is 14.1. The summed E-state index contributed by atoms with van der Waals surface area (Å²) >= 11 is 6.00. The fraction of sp³-hybridized carbons (Fsp3) is 0.278. The number of carbonyl (C=O) groups is 1. The van der Waals surface area contributed by atoms with E-state index in [2.05, 4.69) is 5.32 Å². The molecule has 0 amide bonds. The normalized spacial score (nSPS) is 13.0. The van der Waals surface area contributed by atoms with Crippen LogP contribution in [0.5, 0.6) is 5.75 Å². The van der Waals surface area contributed by atoms with E-state index in [1.807, 2.05) is 0 Å². The van der Waals surface area contributed by atoms with Gasteiger partial charge in [-0.05, 0) is 42.8 Å². The molecule has 0 fully saturated rings. The van der Waals surface area contributed by atoms with E-state index < -0.39 is 18.1 Å². The molecule has 5 nitrogen and oxygen atoms in total. The number of aliphatic hydroxyl groups is 1. The van der Waals surface area contributed by atoms with Gasteiger partial charge in [-0.25, -0.2) is 4.79 Å². The maximum absolute atomic E-state index is 12.0. The molecule has 0 bridgehead atoms. The van der Waals surface area contributed by atoms with Gasteiger partial charge in [0.05, 0.1) is 19.8 Å². The molecule has 6 heteroatoms. The lowest BCUT2D eigenvalue weighted by molar-refractivity contribution is -0.153. The highest BCUT2D eigenvalue weighted by molar-refractivity contribution is 6.30. The number of hydrogen-bond donors (Lipinski definition) is 2. The Hall–Kier alpha value is -2.24. The van der Waals surface area contributed by atoms with Gasteiger partial charge in [0.15, 0.2) is 6.10 Å². The van der Waals surface area contributed by atoms with Crippen molar-refractivity contribution in [2.45, 2.75) is 19.1 Å². The molecule has 128 valence electrons. The molecule has 2 atom stereocenters. The molecule has 2 N–H and O–H groups in total. The van der Waals surface area contributed by atoms with Crippen molar-refractivity contribution in [1.82, 2.24) is 0 Å². The first-order valence-electron chi connectivity index (χ1n) is 7.56. The Morgan fingerprint density at radius 1 is 1.25 bits per heavy atom. The first-order chi connectivity index (χ1) is 11.5. The van der Waals surface area contributed by atoms with Gasteiger partial charge in [0.1, 0.15) is 5.75 Å². The lowest BCUT2D eigenvalue weighted by atomic mass is 10.0. The summed E-state index contributed by atoms with van der Waals surface area (Å²) in [5.74, 6) is -0.00118. The van der Waals surface area contributed by atoms with Crippen LogP contribution in [0.15, 0.2) is 48.5 Å². The van der Waals surface area contributed by atoms with Crippen LogP contribution in [0.2, 0.25) is 5.02 Å². The van der Waals surface area contributed by atoms with E-state index in [0.717, 1.165) is 5.56 Å². The topological polar surface area (TPSA) is 67.8 Å². The maximum atomic E-state index is 12.0. The molecule has 0 aliphatic heterocycles. The van der Waals surface area contributed by atoms with Crippen LogP contribution in [0, 0.1) is 0 Å². The van der Waals surface area contributed by atoms with Crippen LogP contribution >= 0.6 is 11.6 Å². The van der Waals surface area contributed by atoms with Crippen molar-refractivity contribution in [3.63, 3.8) is 0 Å². The Labute approximate surface area is 146 Å². The molecular formula is C18H20ClNO4. The highest BCUT2D eigenvalue weighted by Crippen LogP contribution is 2.27. The molecule has 0 heterocycles. The van der Waals surface area contributed by atoms with Crippen molar-refractivity contribution < 1.29 is 19.4 Å². The monoisotopic (exact) mass is 349 g/mol. The Bertz CT molecular complexity index is 675. The number of methoxy groups -OCH3 is 1. The molecule has 0 spiro atoms. The second kappa shape index (κ2) is 8.57.